The Hall–Kier alpha value is -1.10. The van der Waals surface area contributed by atoms with E-state index in [9.17, 15) is 4.79 Å². The van der Waals surface area contributed by atoms with Crippen molar-refractivity contribution in [1.29, 1.82) is 0 Å². The number of nitrogens with one attached hydrogen (secondary N) is 1. The lowest BCUT2D eigenvalue weighted by Gasteiger charge is -2.07. The van der Waals surface area contributed by atoms with E-state index < -0.39 is 6.03 Å². The van der Waals surface area contributed by atoms with Gasteiger partial charge in [-0.2, -0.15) is 5.10 Å². The number of nitrogens with zero attached hydrogens (tertiary/aromatic N) is 1. The summed E-state index contributed by atoms with van der Waals surface area (Å²) >= 11 is 0. The van der Waals surface area contributed by atoms with E-state index in [0.717, 1.165) is 25.0 Å². The standard InChI is InChI=1S/C9H15N3O2/c10-9(13)12-11-6-3-1-2-4-7-8(5-6)14-7/h7-8H,1-5H2,(H3,10,12,13)/b11-6+/t7-,8+/m1/s1. The summed E-state index contributed by atoms with van der Waals surface area (Å²) in [5, 5.41) is 3.97. The molecule has 2 aliphatic rings. The molecule has 3 N–H and O–H groups in total. The Balaban J connectivity index is 1.89. The predicted molar refractivity (Wildman–Crippen MR) is 51.9 cm³/mol. The number of nitrogens with two attached hydrogens (primary N) is 1. The highest BCUT2D eigenvalue weighted by Crippen LogP contribution is 2.33. The van der Waals surface area contributed by atoms with Crippen LogP contribution in [0.1, 0.15) is 32.1 Å². The van der Waals surface area contributed by atoms with Gasteiger partial charge in [-0.1, -0.05) is 6.42 Å². The van der Waals surface area contributed by atoms with Crippen LogP contribution in [0.4, 0.5) is 4.79 Å². The molecule has 0 aromatic rings. The highest BCUT2D eigenvalue weighted by molar-refractivity contribution is 5.86. The molecule has 0 spiro atoms. The van der Waals surface area contributed by atoms with Crippen molar-refractivity contribution in [1.82, 2.24) is 5.43 Å². The zero-order valence-electron chi connectivity index (χ0n) is 8.03. The number of hydrazone groups is 1. The van der Waals surface area contributed by atoms with Crippen LogP contribution in [0, 0.1) is 0 Å². The van der Waals surface area contributed by atoms with Gasteiger partial charge in [0.2, 0.25) is 0 Å². The average Bonchev–Trinajstić information content (AvgIpc) is 2.80. The van der Waals surface area contributed by atoms with Crippen LogP contribution in [0.15, 0.2) is 5.10 Å². The zero-order valence-corrected chi connectivity index (χ0v) is 8.03. The summed E-state index contributed by atoms with van der Waals surface area (Å²) in [7, 11) is 0. The van der Waals surface area contributed by atoms with E-state index in [2.05, 4.69) is 10.5 Å². The third-order valence-corrected chi connectivity index (χ3v) is 2.65. The molecular weight excluding hydrogens is 182 g/mol. The highest BCUT2D eigenvalue weighted by Gasteiger charge is 2.39. The number of primary amides is 1. The maximum atomic E-state index is 10.5. The van der Waals surface area contributed by atoms with Crippen molar-refractivity contribution in [3.63, 3.8) is 0 Å². The minimum atomic E-state index is -0.604. The third kappa shape index (κ3) is 2.45. The predicted octanol–water partition coefficient (Wildman–Crippen LogP) is 0.742. The third-order valence-electron chi connectivity index (χ3n) is 2.65. The van der Waals surface area contributed by atoms with Crippen molar-refractivity contribution in [2.45, 2.75) is 44.3 Å². The fourth-order valence-corrected chi connectivity index (χ4v) is 1.86. The first-order valence-corrected chi connectivity index (χ1v) is 5.02. The number of ether oxygens (including phenoxy) is 1. The van der Waals surface area contributed by atoms with Crippen molar-refractivity contribution in [3.05, 3.63) is 0 Å². The fraction of sp³-hybridized carbons (Fsp3) is 0.778. The van der Waals surface area contributed by atoms with Gasteiger partial charge in [-0.25, -0.2) is 10.2 Å². The summed E-state index contributed by atoms with van der Waals surface area (Å²) in [5.41, 5.74) is 8.21. The van der Waals surface area contributed by atoms with Crippen LogP contribution in [0.2, 0.25) is 0 Å². The second-order valence-electron chi connectivity index (χ2n) is 3.82. The molecule has 1 saturated carbocycles. The second kappa shape index (κ2) is 3.96. The minimum absolute atomic E-state index is 0.337. The van der Waals surface area contributed by atoms with Crippen molar-refractivity contribution < 1.29 is 9.53 Å². The first kappa shape index (κ1) is 9.45. The second-order valence-corrected chi connectivity index (χ2v) is 3.82. The lowest BCUT2D eigenvalue weighted by atomic mass is 9.99. The largest absolute Gasteiger partial charge is 0.369 e. The van der Waals surface area contributed by atoms with Gasteiger partial charge in [0.1, 0.15) is 0 Å². The lowest BCUT2D eigenvalue weighted by Crippen LogP contribution is -2.26. The molecule has 2 rings (SSSR count). The summed E-state index contributed by atoms with van der Waals surface area (Å²) in [5.74, 6) is 0. The van der Waals surface area contributed by atoms with E-state index in [4.69, 9.17) is 10.5 Å². The quantitative estimate of drug-likeness (QED) is 0.480. The van der Waals surface area contributed by atoms with E-state index >= 15 is 0 Å². The highest BCUT2D eigenvalue weighted by atomic mass is 16.6. The van der Waals surface area contributed by atoms with Crippen LogP contribution in [0.25, 0.3) is 0 Å². The number of carbonyl (C=O) groups is 1. The van der Waals surface area contributed by atoms with E-state index in [0.29, 0.717) is 12.2 Å². The van der Waals surface area contributed by atoms with Crippen LogP contribution in [0.3, 0.4) is 0 Å². The van der Waals surface area contributed by atoms with Gasteiger partial charge in [-0.3, -0.25) is 0 Å². The number of epoxide rings is 1. The zero-order chi connectivity index (χ0) is 9.97. The normalized spacial score (nSPS) is 34.1. The number of fused-ring (bicyclic) bond motifs is 1. The van der Waals surface area contributed by atoms with Gasteiger partial charge >= 0.3 is 6.03 Å². The van der Waals surface area contributed by atoms with E-state index in [-0.39, 0.29) is 0 Å². The van der Waals surface area contributed by atoms with Crippen molar-refractivity contribution in [2.75, 3.05) is 0 Å². The monoisotopic (exact) mass is 197 g/mol. The Morgan fingerprint density at radius 1 is 1.50 bits per heavy atom. The maximum absolute atomic E-state index is 10.5. The topological polar surface area (TPSA) is 80.0 Å². The Morgan fingerprint density at radius 3 is 3.14 bits per heavy atom. The van der Waals surface area contributed by atoms with Gasteiger partial charge in [0, 0.05) is 12.1 Å². The molecule has 1 aliphatic heterocycles. The first-order valence-electron chi connectivity index (χ1n) is 5.02. The Labute approximate surface area is 82.7 Å². The summed E-state index contributed by atoms with van der Waals surface area (Å²) in [6, 6.07) is -0.604. The molecule has 5 heteroatoms. The summed E-state index contributed by atoms with van der Waals surface area (Å²) in [4.78, 5) is 10.5. The number of hydrogen-bond donors (Lipinski definition) is 2. The van der Waals surface area contributed by atoms with Crippen LogP contribution < -0.4 is 11.2 Å². The SMILES string of the molecule is NC(=O)N/N=C1\CCCC[C@H]2O[C@H]2C1. The molecule has 0 bridgehead atoms. The van der Waals surface area contributed by atoms with Crippen molar-refractivity contribution in [3.8, 4) is 0 Å². The molecule has 14 heavy (non-hydrogen) atoms. The Morgan fingerprint density at radius 2 is 2.36 bits per heavy atom. The lowest BCUT2D eigenvalue weighted by molar-refractivity contribution is 0.249. The molecule has 5 nitrogen and oxygen atoms in total. The molecule has 0 unspecified atom stereocenters. The van der Waals surface area contributed by atoms with Crippen molar-refractivity contribution in [2.24, 2.45) is 10.8 Å². The number of carbonyl (C=O) groups excluding carboxylic acids is 1. The summed E-state index contributed by atoms with van der Waals surface area (Å²) < 4.78 is 5.45. The molecule has 78 valence electrons. The van der Waals surface area contributed by atoms with E-state index in [1.807, 2.05) is 0 Å². The molecule has 1 saturated heterocycles. The summed E-state index contributed by atoms with van der Waals surface area (Å²) in [6.07, 6.45) is 6.01. The van der Waals surface area contributed by atoms with Crippen molar-refractivity contribution >= 4 is 11.7 Å². The average molecular weight is 197 g/mol. The molecular formula is C9H15N3O2. The molecule has 0 aromatic carbocycles. The smallest absolute Gasteiger partial charge is 0.332 e. The molecule has 2 fully saturated rings. The first-order chi connectivity index (χ1) is 6.75. The van der Waals surface area contributed by atoms with E-state index in [1.54, 1.807) is 0 Å². The van der Waals surface area contributed by atoms with Gasteiger partial charge in [0.25, 0.3) is 0 Å². The van der Waals surface area contributed by atoms with Gasteiger partial charge in [-0.05, 0) is 19.3 Å². The molecule has 2 atom stereocenters. The fourth-order valence-electron chi connectivity index (χ4n) is 1.86. The van der Waals surface area contributed by atoms with Gasteiger partial charge in [0.05, 0.1) is 12.2 Å². The number of hydrogen-bond acceptors (Lipinski definition) is 3. The number of amides is 2. The van der Waals surface area contributed by atoms with E-state index in [1.165, 1.54) is 12.8 Å². The molecule has 0 aromatic heterocycles. The van der Waals surface area contributed by atoms with Gasteiger partial charge in [0.15, 0.2) is 0 Å². The molecule has 1 heterocycles. The van der Waals surface area contributed by atoms with Gasteiger partial charge in [-0.15, -0.1) is 0 Å². The summed E-state index contributed by atoms with van der Waals surface area (Å²) in [6.45, 7) is 0. The number of rotatable bonds is 1. The molecule has 1 aliphatic carbocycles. The van der Waals surface area contributed by atoms with Gasteiger partial charge < -0.3 is 10.5 Å². The number of urea groups is 1. The van der Waals surface area contributed by atoms with Crippen LogP contribution in [0.5, 0.6) is 0 Å². The molecule has 2 amide bonds. The van der Waals surface area contributed by atoms with Crippen LogP contribution in [-0.4, -0.2) is 24.0 Å². The maximum Gasteiger partial charge on any atom is 0.332 e. The Bertz CT molecular complexity index is 265. The Kier molecular flexibility index (Phi) is 2.67. The van der Waals surface area contributed by atoms with Crippen LogP contribution >= 0.6 is 0 Å². The molecule has 0 radical (unpaired) electrons. The minimum Gasteiger partial charge on any atom is -0.369 e. The van der Waals surface area contributed by atoms with Crippen LogP contribution in [-0.2, 0) is 4.74 Å².